The van der Waals surface area contributed by atoms with Crippen LogP contribution in [0.2, 0.25) is 0 Å². The lowest BCUT2D eigenvalue weighted by Gasteiger charge is -2.14. The number of benzene rings is 3. The summed E-state index contributed by atoms with van der Waals surface area (Å²) in [5, 5.41) is 9.56. The number of hydrogen-bond acceptors (Lipinski definition) is 3. The van der Waals surface area contributed by atoms with E-state index in [-0.39, 0.29) is 5.82 Å². The van der Waals surface area contributed by atoms with E-state index in [0.717, 1.165) is 15.6 Å². The van der Waals surface area contributed by atoms with E-state index in [9.17, 15) is 9.65 Å². The van der Waals surface area contributed by atoms with Gasteiger partial charge in [0.1, 0.15) is 12.4 Å². The van der Waals surface area contributed by atoms with Gasteiger partial charge in [0.25, 0.3) is 0 Å². The van der Waals surface area contributed by atoms with Crippen LogP contribution in [-0.4, -0.2) is 6.61 Å². The zero-order valence-corrected chi connectivity index (χ0v) is 17.4. The molecule has 0 aliphatic carbocycles. The van der Waals surface area contributed by atoms with Gasteiger partial charge in [0.2, 0.25) is 0 Å². The zero-order chi connectivity index (χ0) is 20.6. The van der Waals surface area contributed by atoms with E-state index < -0.39 is 0 Å². The molecule has 0 saturated heterocycles. The highest BCUT2D eigenvalue weighted by atomic mass is 79.9. The summed E-state index contributed by atoms with van der Waals surface area (Å²) in [6, 6.07) is 21.5. The van der Waals surface area contributed by atoms with Gasteiger partial charge in [-0.2, -0.15) is 5.26 Å². The molecule has 0 N–H and O–H groups in total. The van der Waals surface area contributed by atoms with Crippen LogP contribution in [0.5, 0.6) is 11.5 Å². The van der Waals surface area contributed by atoms with Crippen LogP contribution in [0.1, 0.15) is 23.6 Å². The Labute approximate surface area is 178 Å². The molecule has 0 unspecified atom stereocenters. The molecule has 5 heteroatoms. The normalized spacial score (nSPS) is 11.0. The number of nitrogens with zero attached hydrogens (tertiary/aromatic N) is 1. The number of ether oxygens (including phenoxy) is 2. The van der Waals surface area contributed by atoms with Crippen LogP contribution in [-0.2, 0) is 6.61 Å². The Kier molecular flexibility index (Phi) is 7.04. The molecule has 0 fully saturated rings. The Balaban J connectivity index is 1.92. The van der Waals surface area contributed by atoms with Gasteiger partial charge in [-0.3, -0.25) is 0 Å². The summed E-state index contributed by atoms with van der Waals surface area (Å²) >= 11 is 3.55. The van der Waals surface area contributed by atoms with Crippen molar-refractivity contribution in [3.05, 3.63) is 93.7 Å². The van der Waals surface area contributed by atoms with E-state index in [2.05, 4.69) is 22.0 Å². The number of rotatable bonds is 7. The predicted octanol–water partition coefficient (Wildman–Crippen LogP) is 6.63. The van der Waals surface area contributed by atoms with Crippen molar-refractivity contribution in [2.45, 2.75) is 13.5 Å². The summed E-state index contributed by atoms with van der Waals surface area (Å²) < 4.78 is 25.7. The van der Waals surface area contributed by atoms with Crippen LogP contribution in [0, 0.1) is 17.1 Å². The van der Waals surface area contributed by atoms with Crippen molar-refractivity contribution in [2.75, 3.05) is 6.61 Å². The highest BCUT2D eigenvalue weighted by molar-refractivity contribution is 9.10. The van der Waals surface area contributed by atoms with Crippen molar-refractivity contribution >= 4 is 27.6 Å². The maximum absolute atomic E-state index is 13.2. The average Bonchev–Trinajstić information content (AvgIpc) is 2.74. The molecule has 0 aliphatic heterocycles. The van der Waals surface area contributed by atoms with Gasteiger partial charge in [0.15, 0.2) is 11.5 Å². The Morgan fingerprint density at radius 1 is 1.03 bits per heavy atom. The molecule has 0 atom stereocenters. The monoisotopic (exact) mass is 451 g/mol. The van der Waals surface area contributed by atoms with Gasteiger partial charge >= 0.3 is 0 Å². The molecular formula is C24H19BrFNO2. The number of allylic oxidation sites excluding steroid dienone is 1. The summed E-state index contributed by atoms with van der Waals surface area (Å²) in [6.07, 6.45) is 1.74. The first kappa shape index (κ1) is 20.6. The molecule has 0 saturated carbocycles. The van der Waals surface area contributed by atoms with Crippen LogP contribution >= 0.6 is 15.9 Å². The molecule has 0 aliphatic rings. The van der Waals surface area contributed by atoms with Crippen LogP contribution in [0.25, 0.3) is 11.6 Å². The van der Waals surface area contributed by atoms with E-state index >= 15 is 0 Å². The van der Waals surface area contributed by atoms with Crippen LogP contribution in [0.15, 0.2) is 71.2 Å². The molecule has 0 amide bonds. The fourth-order valence-electron chi connectivity index (χ4n) is 2.74. The fourth-order valence-corrected chi connectivity index (χ4v) is 3.18. The summed E-state index contributed by atoms with van der Waals surface area (Å²) in [5.74, 6) is 0.861. The van der Waals surface area contributed by atoms with E-state index in [1.165, 1.54) is 12.1 Å². The lowest BCUT2D eigenvalue weighted by molar-refractivity contribution is 0.269. The number of halogens is 2. The zero-order valence-electron chi connectivity index (χ0n) is 15.9. The quantitative estimate of drug-likeness (QED) is 0.299. The predicted molar refractivity (Wildman–Crippen MR) is 116 cm³/mol. The lowest BCUT2D eigenvalue weighted by atomic mass is 10.0. The van der Waals surface area contributed by atoms with Gasteiger partial charge in [-0.25, -0.2) is 4.39 Å². The van der Waals surface area contributed by atoms with Crippen LogP contribution in [0.3, 0.4) is 0 Å². The smallest absolute Gasteiger partial charge is 0.162 e. The summed E-state index contributed by atoms with van der Waals surface area (Å²) in [4.78, 5) is 0. The first-order valence-electron chi connectivity index (χ1n) is 9.11. The molecule has 0 spiro atoms. The second-order valence-corrected chi connectivity index (χ2v) is 7.06. The van der Waals surface area contributed by atoms with Gasteiger partial charge in [0.05, 0.1) is 18.2 Å². The molecule has 146 valence electrons. The van der Waals surface area contributed by atoms with Gasteiger partial charge in [-0.1, -0.05) is 58.4 Å². The molecule has 3 aromatic carbocycles. The maximum Gasteiger partial charge on any atom is 0.162 e. The topological polar surface area (TPSA) is 42.2 Å². The van der Waals surface area contributed by atoms with Crippen molar-refractivity contribution in [3.63, 3.8) is 0 Å². The Hall–Kier alpha value is -3.10. The minimum atomic E-state index is -0.342. The third kappa shape index (κ3) is 5.46. The van der Waals surface area contributed by atoms with Crippen LogP contribution < -0.4 is 9.47 Å². The number of nitriles is 1. The Bertz CT molecular complexity index is 1040. The molecule has 0 heterocycles. The average molecular weight is 452 g/mol. The minimum Gasteiger partial charge on any atom is -0.490 e. The van der Waals surface area contributed by atoms with E-state index in [1.807, 2.05) is 49.4 Å². The first-order valence-corrected chi connectivity index (χ1v) is 9.90. The minimum absolute atomic E-state index is 0.342. The van der Waals surface area contributed by atoms with Crippen molar-refractivity contribution in [1.29, 1.82) is 5.26 Å². The molecule has 3 aromatic rings. The highest BCUT2D eigenvalue weighted by Gasteiger charge is 2.12. The molecule has 3 rings (SSSR count). The molecule has 0 aromatic heterocycles. The molecule has 29 heavy (non-hydrogen) atoms. The van der Waals surface area contributed by atoms with Crippen molar-refractivity contribution < 1.29 is 13.9 Å². The van der Waals surface area contributed by atoms with Crippen LogP contribution in [0.4, 0.5) is 4.39 Å². The first-order chi connectivity index (χ1) is 14.1. The second kappa shape index (κ2) is 9.90. The van der Waals surface area contributed by atoms with Crippen molar-refractivity contribution in [1.82, 2.24) is 0 Å². The van der Waals surface area contributed by atoms with E-state index in [0.29, 0.717) is 35.8 Å². The SMILES string of the molecule is CCOc1cc(/C=C(\C#N)c2ccc(F)cc2)c(Br)cc1OCc1ccccc1. The highest BCUT2D eigenvalue weighted by Crippen LogP contribution is 2.36. The molecule has 0 bridgehead atoms. The third-order valence-electron chi connectivity index (χ3n) is 4.18. The molecular weight excluding hydrogens is 433 g/mol. The van der Waals surface area contributed by atoms with Gasteiger partial charge < -0.3 is 9.47 Å². The standard InChI is InChI=1S/C24H19BrFNO2/c1-2-28-23-13-19(12-20(15-27)18-8-10-21(26)11-9-18)22(25)14-24(23)29-16-17-6-4-3-5-7-17/h3-14H,2,16H2,1H3/b20-12+. The van der Waals surface area contributed by atoms with Gasteiger partial charge in [0, 0.05) is 4.47 Å². The number of hydrogen-bond donors (Lipinski definition) is 0. The molecule has 3 nitrogen and oxygen atoms in total. The van der Waals surface area contributed by atoms with E-state index in [4.69, 9.17) is 9.47 Å². The summed E-state index contributed by atoms with van der Waals surface area (Å²) in [6.45, 7) is 2.80. The second-order valence-electron chi connectivity index (χ2n) is 6.20. The lowest BCUT2D eigenvalue weighted by Crippen LogP contribution is -2.00. The summed E-state index contributed by atoms with van der Waals surface area (Å²) in [7, 11) is 0. The van der Waals surface area contributed by atoms with Crippen molar-refractivity contribution in [3.8, 4) is 17.6 Å². The van der Waals surface area contributed by atoms with E-state index in [1.54, 1.807) is 18.2 Å². The Morgan fingerprint density at radius 2 is 1.72 bits per heavy atom. The molecule has 0 radical (unpaired) electrons. The Morgan fingerprint density at radius 3 is 2.38 bits per heavy atom. The third-order valence-corrected chi connectivity index (χ3v) is 4.86. The summed E-state index contributed by atoms with van der Waals surface area (Å²) in [5.41, 5.74) is 2.88. The van der Waals surface area contributed by atoms with Gasteiger partial charge in [-0.15, -0.1) is 0 Å². The van der Waals surface area contributed by atoms with Crippen molar-refractivity contribution in [2.24, 2.45) is 0 Å². The van der Waals surface area contributed by atoms with Gasteiger partial charge in [-0.05, 0) is 54.0 Å². The maximum atomic E-state index is 13.2. The fraction of sp³-hybridized carbons (Fsp3) is 0.125. The largest absolute Gasteiger partial charge is 0.490 e.